The van der Waals surface area contributed by atoms with E-state index in [4.69, 9.17) is 11.5 Å². The van der Waals surface area contributed by atoms with Crippen LogP contribution in [0.2, 0.25) is 0 Å². The average molecular weight is 317 g/mol. The largest absolute Gasteiger partial charge is 0.341 e. The first-order chi connectivity index (χ1) is 11.2. The van der Waals surface area contributed by atoms with E-state index in [-0.39, 0.29) is 11.3 Å². The molecule has 1 fully saturated rings. The first kappa shape index (κ1) is 18.0. The molecule has 0 radical (unpaired) electrons. The lowest BCUT2D eigenvalue weighted by Crippen LogP contribution is -2.43. The zero-order valence-corrected chi connectivity index (χ0v) is 14.2. The fourth-order valence-corrected chi connectivity index (χ4v) is 3.61. The van der Waals surface area contributed by atoms with Gasteiger partial charge in [0.15, 0.2) is 0 Å². The summed E-state index contributed by atoms with van der Waals surface area (Å²) in [4.78, 5) is 14.7. The lowest BCUT2D eigenvalue weighted by Gasteiger charge is -2.37. The Labute approximate surface area is 140 Å². The van der Waals surface area contributed by atoms with Crippen LogP contribution < -0.4 is 11.5 Å². The average Bonchev–Trinajstić information content (AvgIpc) is 2.60. The lowest BCUT2D eigenvalue weighted by atomic mass is 9.71. The molecule has 1 aliphatic rings. The normalized spacial score (nSPS) is 17.0. The maximum atomic E-state index is 12.8. The van der Waals surface area contributed by atoms with Crippen molar-refractivity contribution in [1.29, 1.82) is 0 Å². The second-order valence-electron chi connectivity index (χ2n) is 6.85. The van der Waals surface area contributed by atoms with Gasteiger partial charge in [-0.05, 0) is 36.8 Å². The molecule has 4 heteroatoms. The minimum absolute atomic E-state index is 0.0227. The quantitative estimate of drug-likeness (QED) is 0.773. The van der Waals surface area contributed by atoms with Crippen molar-refractivity contribution in [2.24, 2.45) is 16.9 Å². The van der Waals surface area contributed by atoms with E-state index < -0.39 is 0 Å². The highest BCUT2D eigenvalue weighted by molar-refractivity contribution is 5.77. The molecule has 4 nitrogen and oxygen atoms in total. The van der Waals surface area contributed by atoms with Crippen molar-refractivity contribution in [3.63, 3.8) is 0 Å². The van der Waals surface area contributed by atoms with Crippen molar-refractivity contribution in [1.82, 2.24) is 4.90 Å². The maximum absolute atomic E-state index is 12.8. The molecule has 1 amide bonds. The Balaban J connectivity index is 1.94. The minimum Gasteiger partial charge on any atom is -0.341 e. The molecule has 128 valence electrons. The molecule has 0 saturated heterocycles. The van der Waals surface area contributed by atoms with Gasteiger partial charge in [-0.3, -0.25) is 4.79 Å². The molecule has 1 aromatic rings. The van der Waals surface area contributed by atoms with Gasteiger partial charge in [-0.1, -0.05) is 49.6 Å². The molecule has 1 saturated carbocycles. The van der Waals surface area contributed by atoms with Crippen molar-refractivity contribution in [2.75, 3.05) is 26.2 Å². The molecule has 23 heavy (non-hydrogen) atoms. The summed E-state index contributed by atoms with van der Waals surface area (Å²) in [7, 11) is 0. The van der Waals surface area contributed by atoms with E-state index in [1.165, 1.54) is 24.8 Å². The van der Waals surface area contributed by atoms with E-state index in [9.17, 15) is 4.79 Å². The van der Waals surface area contributed by atoms with E-state index in [1.807, 2.05) is 23.1 Å². The van der Waals surface area contributed by atoms with Gasteiger partial charge in [0.2, 0.25) is 5.91 Å². The number of carbonyl (C=O) groups excluding carboxylic acids is 1. The zero-order chi connectivity index (χ0) is 16.5. The third kappa shape index (κ3) is 5.33. The molecule has 0 heterocycles. The Morgan fingerprint density at radius 2 is 1.74 bits per heavy atom. The topological polar surface area (TPSA) is 72.3 Å². The predicted molar refractivity (Wildman–Crippen MR) is 95.0 cm³/mol. The minimum atomic E-state index is 0.0227. The number of amides is 1. The van der Waals surface area contributed by atoms with Gasteiger partial charge in [-0.2, -0.15) is 0 Å². The van der Waals surface area contributed by atoms with Crippen molar-refractivity contribution in [3.05, 3.63) is 35.9 Å². The molecule has 2 rings (SSSR count). The summed E-state index contributed by atoms with van der Waals surface area (Å²) in [6.07, 6.45) is 7.31. The van der Waals surface area contributed by atoms with Gasteiger partial charge in [0.05, 0.1) is 0 Å². The van der Waals surface area contributed by atoms with Crippen LogP contribution in [0.1, 0.15) is 44.1 Å². The number of nitrogens with two attached hydrogens (primary N) is 2. The number of hydrogen-bond acceptors (Lipinski definition) is 3. The second-order valence-corrected chi connectivity index (χ2v) is 6.85. The molecule has 0 unspecified atom stereocenters. The maximum Gasteiger partial charge on any atom is 0.223 e. The lowest BCUT2D eigenvalue weighted by molar-refractivity contribution is -0.134. The van der Waals surface area contributed by atoms with Crippen LogP contribution in [0, 0.1) is 5.41 Å². The molecular formula is C19H31N3O. The van der Waals surface area contributed by atoms with Crippen LogP contribution in [-0.4, -0.2) is 37.0 Å². The number of nitrogens with zero attached hydrogens (tertiary/aromatic N) is 1. The monoisotopic (exact) mass is 317 g/mol. The number of benzene rings is 1. The van der Waals surface area contributed by atoms with Crippen LogP contribution in [0.5, 0.6) is 0 Å². The first-order valence-corrected chi connectivity index (χ1v) is 8.91. The molecule has 0 aliphatic heterocycles. The zero-order valence-electron chi connectivity index (χ0n) is 14.2. The molecule has 1 aromatic carbocycles. The van der Waals surface area contributed by atoms with Crippen LogP contribution >= 0.6 is 0 Å². The highest BCUT2D eigenvalue weighted by Crippen LogP contribution is 2.38. The molecule has 0 atom stereocenters. The molecular weight excluding hydrogens is 286 g/mol. The summed E-state index contributed by atoms with van der Waals surface area (Å²) in [5.74, 6) is 0.221. The predicted octanol–water partition coefficient (Wildman–Crippen LogP) is 2.32. The fourth-order valence-electron chi connectivity index (χ4n) is 3.61. The Bertz CT molecular complexity index is 469. The van der Waals surface area contributed by atoms with E-state index in [0.717, 1.165) is 25.8 Å². The summed E-state index contributed by atoms with van der Waals surface area (Å²) < 4.78 is 0. The van der Waals surface area contributed by atoms with Gasteiger partial charge in [0.25, 0.3) is 0 Å². The Hall–Kier alpha value is -1.39. The molecule has 0 spiro atoms. The smallest absolute Gasteiger partial charge is 0.223 e. The summed E-state index contributed by atoms with van der Waals surface area (Å²) in [5.41, 5.74) is 13.0. The summed E-state index contributed by atoms with van der Waals surface area (Å²) in [6, 6.07) is 10.3. The van der Waals surface area contributed by atoms with Crippen LogP contribution in [-0.2, 0) is 11.2 Å². The SMILES string of the molecule is NCCN(CCc1ccccc1)C(=O)CC1(CN)CCCCC1. The van der Waals surface area contributed by atoms with Crippen molar-refractivity contribution >= 4 is 5.91 Å². The number of rotatable bonds is 8. The van der Waals surface area contributed by atoms with Gasteiger partial charge in [0, 0.05) is 26.1 Å². The van der Waals surface area contributed by atoms with Gasteiger partial charge in [-0.15, -0.1) is 0 Å². The van der Waals surface area contributed by atoms with Crippen LogP contribution in [0.25, 0.3) is 0 Å². The van der Waals surface area contributed by atoms with Gasteiger partial charge in [-0.25, -0.2) is 0 Å². The third-order valence-electron chi connectivity index (χ3n) is 5.14. The highest BCUT2D eigenvalue weighted by atomic mass is 16.2. The van der Waals surface area contributed by atoms with Crippen molar-refractivity contribution in [2.45, 2.75) is 44.9 Å². The Kier molecular flexibility index (Phi) is 7.06. The third-order valence-corrected chi connectivity index (χ3v) is 5.14. The van der Waals surface area contributed by atoms with Crippen LogP contribution in [0.15, 0.2) is 30.3 Å². The van der Waals surface area contributed by atoms with Gasteiger partial charge in [0.1, 0.15) is 0 Å². The van der Waals surface area contributed by atoms with Crippen LogP contribution in [0.3, 0.4) is 0 Å². The van der Waals surface area contributed by atoms with Crippen LogP contribution in [0.4, 0.5) is 0 Å². The summed E-state index contributed by atoms with van der Waals surface area (Å²) in [6.45, 7) is 2.50. The first-order valence-electron chi connectivity index (χ1n) is 8.91. The molecule has 0 aromatic heterocycles. The highest BCUT2D eigenvalue weighted by Gasteiger charge is 2.34. The summed E-state index contributed by atoms with van der Waals surface area (Å²) >= 11 is 0. The van der Waals surface area contributed by atoms with E-state index in [1.54, 1.807) is 0 Å². The molecule has 4 N–H and O–H groups in total. The van der Waals surface area contributed by atoms with Gasteiger partial charge >= 0.3 is 0 Å². The van der Waals surface area contributed by atoms with Gasteiger partial charge < -0.3 is 16.4 Å². The number of carbonyl (C=O) groups is 1. The van der Waals surface area contributed by atoms with E-state index in [2.05, 4.69) is 12.1 Å². The summed E-state index contributed by atoms with van der Waals surface area (Å²) in [5, 5.41) is 0. The molecule has 1 aliphatic carbocycles. The van der Waals surface area contributed by atoms with Crippen molar-refractivity contribution < 1.29 is 4.79 Å². The Morgan fingerprint density at radius 1 is 1.04 bits per heavy atom. The molecule has 0 bridgehead atoms. The number of hydrogen-bond donors (Lipinski definition) is 2. The van der Waals surface area contributed by atoms with E-state index in [0.29, 0.717) is 26.1 Å². The van der Waals surface area contributed by atoms with Crippen molar-refractivity contribution in [3.8, 4) is 0 Å². The second kappa shape index (κ2) is 9.04. The van der Waals surface area contributed by atoms with E-state index >= 15 is 0 Å². The standard InChI is InChI=1S/C19H31N3O/c20-12-14-22(13-9-17-7-3-1-4-8-17)18(23)15-19(16-21)10-5-2-6-11-19/h1,3-4,7-8H,2,5-6,9-16,20-21H2. The Morgan fingerprint density at radius 3 is 2.35 bits per heavy atom. The fraction of sp³-hybridized carbons (Fsp3) is 0.632.